The van der Waals surface area contributed by atoms with Gasteiger partial charge in [-0.15, -0.1) is 5.73 Å². The van der Waals surface area contributed by atoms with E-state index >= 15 is 0 Å². The molecule has 0 aliphatic heterocycles. The fourth-order valence-corrected chi connectivity index (χ4v) is 1.70. The van der Waals surface area contributed by atoms with Gasteiger partial charge in [-0.3, -0.25) is 9.59 Å². The lowest BCUT2D eigenvalue weighted by molar-refractivity contribution is -0.125. The molecule has 0 saturated heterocycles. The third-order valence-electron chi connectivity index (χ3n) is 2.84. The van der Waals surface area contributed by atoms with Crippen LogP contribution in [0.25, 0.3) is 0 Å². The fraction of sp³-hybridized carbons (Fsp3) is 0.400. The summed E-state index contributed by atoms with van der Waals surface area (Å²) >= 11 is 0. The Kier molecular flexibility index (Phi) is 5.35. The molecule has 1 aliphatic rings. The number of carbonyl (C=O) groups is 2. The minimum Gasteiger partial charge on any atom is -0.486 e. The summed E-state index contributed by atoms with van der Waals surface area (Å²) in [6, 6.07) is 0. The number of ketones is 2. The SMILES string of the molecule is CC(=N)/C1=C(\OC(C)C(C)=O)CC=C=CC(=N)CC1=O. The first kappa shape index (κ1) is 15.8. The van der Waals surface area contributed by atoms with Gasteiger partial charge in [0.2, 0.25) is 0 Å². The van der Waals surface area contributed by atoms with Crippen molar-refractivity contribution < 1.29 is 14.3 Å². The first-order chi connectivity index (χ1) is 9.32. The van der Waals surface area contributed by atoms with Crippen molar-refractivity contribution in [1.29, 1.82) is 10.8 Å². The summed E-state index contributed by atoms with van der Waals surface area (Å²) in [7, 11) is 0. The molecule has 0 saturated carbocycles. The van der Waals surface area contributed by atoms with Crippen LogP contribution < -0.4 is 0 Å². The lowest BCUT2D eigenvalue weighted by atomic mass is 10.00. The highest BCUT2D eigenvalue weighted by Gasteiger charge is 2.22. The molecule has 0 fully saturated rings. The summed E-state index contributed by atoms with van der Waals surface area (Å²) in [6.45, 7) is 4.50. The van der Waals surface area contributed by atoms with Crippen LogP contribution in [0.15, 0.2) is 29.2 Å². The van der Waals surface area contributed by atoms with Crippen LogP contribution in [-0.4, -0.2) is 29.1 Å². The maximum Gasteiger partial charge on any atom is 0.174 e. The Hall–Kier alpha value is -2.26. The second-order valence-electron chi connectivity index (χ2n) is 4.64. The maximum absolute atomic E-state index is 12.2. The van der Waals surface area contributed by atoms with Gasteiger partial charge in [-0.2, -0.15) is 0 Å². The van der Waals surface area contributed by atoms with Gasteiger partial charge < -0.3 is 15.6 Å². The van der Waals surface area contributed by atoms with Crippen LogP contribution in [-0.2, 0) is 14.3 Å². The van der Waals surface area contributed by atoms with Crippen LogP contribution in [0.4, 0.5) is 0 Å². The van der Waals surface area contributed by atoms with E-state index in [4.69, 9.17) is 15.6 Å². The highest BCUT2D eigenvalue weighted by Crippen LogP contribution is 2.19. The van der Waals surface area contributed by atoms with Gasteiger partial charge in [-0.25, -0.2) is 0 Å². The van der Waals surface area contributed by atoms with Crippen molar-refractivity contribution in [2.24, 2.45) is 0 Å². The van der Waals surface area contributed by atoms with E-state index in [0.29, 0.717) is 5.76 Å². The molecule has 1 atom stereocenters. The van der Waals surface area contributed by atoms with Crippen molar-refractivity contribution in [3.05, 3.63) is 29.2 Å². The zero-order chi connectivity index (χ0) is 15.3. The zero-order valence-corrected chi connectivity index (χ0v) is 11.9. The van der Waals surface area contributed by atoms with Gasteiger partial charge >= 0.3 is 0 Å². The van der Waals surface area contributed by atoms with Gasteiger partial charge in [0.1, 0.15) is 5.76 Å². The number of hydrogen-bond acceptors (Lipinski definition) is 5. The van der Waals surface area contributed by atoms with Crippen molar-refractivity contribution in [2.45, 2.75) is 39.7 Å². The summed E-state index contributed by atoms with van der Waals surface area (Å²) in [5.74, 6) is -0.207. The number of nitrogens with one attached hydrogen (secondary N) is 2. The molecule has 0 heterocycles. The topological polar surface area (TPSA) is 91.1 Å². The standard InChI is InChI=1S/C15H18N2O3/c1-9(16)15-13(19)8-12(17)6-4-5-7-14(15)20-11(3)10(2)18/h5-6,11,16-17H,7-8H2,1-3H3/b15-14+,16-9?,17-12?. The number of ether oxygens (including phenoxy) is 1. The highest BCUT2D eigenvalue weighted by molar-refractivity contribution is 6.25. The number of rotatable bonds is 4. The monoisotopic (exact) mass is 274 g/mol. The van der Waals surface area contributed by atoms with Gasteiger partial charge in [0.25, 0.3) is 0 Å². The minimum absolute atomic E-state index is 0.0730. The van der Waals surface area contributed by atoms with Gasteiger partial charge in [0.05, 0.1) is 12.0 Å². The Bertz CT molecular complexity index is 564. The van der Waals surface area contributed by atoms with Crippen molar-refractivity contribution in [3.8, 4) is 0 Å². The molecule has 1 rings (SSSR count). The molecule has 106 valence electrons. The third kappa shape index (κ3) is 4.14. The quantitative estimate of drug-likeness (QED) is 0.609. The highest BCUT2D eigenvalue weighted by atomic mass is 16.5. The van der Waals surface area contributed by atoms with E-state index in [1.54, 1.807) is 13.0 Å². The van der Waals surface area contributed by atoms with Gasteiger partial charge in [0, 0.05) is 23.9 Å². The van der Waals surface area contributed by atoms with Crippen molar-refractivity contribution in [3.63, 3.8) is 0 Å². The average Bonchev–Trinajstić information content (AvgIpc) is 2.38. The predicted molar refractivity (Wildman–Crippen MR) is 76.3 cm³/mol. The third-order valence-corrected chi connectivity index (χ3v) is 2.84. The second-order valence-corrected chi connectivity index (χ2v) is 4.64. The molecule has 1 unspecified atom stereocenters. The van der Waals surface area contributed by atoms with Crippen LogP contribution in [0, 0.1) is 10.8 Å². The van der Waals surface area contributed by atoms with Gasteiger partial charge in [0.15, 0.2) is 17.7 Å². The molecule has 0 radical (unpaired) electrons. The Balaban J connectivity index is 3.26. The Morgan fingerprint density at radius 1 is 1.45 bits per heavy atom. The molecule has 0 aromatic rings. The van der Waals surface area contributed by atoms with Crippen LogP contribution in [0.3, 0.4) is 0 Å². The Morgan fingerprint density at radius 2 is 2.10 bits per heavy atom. The molecule has 5 nitrogen and oxygen atoms in total. The van der Waals surface area contributed by atoms with E-state index in [-0.39, 0.29) is 41.4 Å². The average molecular weight is 274 g/mol. The summed E-state index contributed by atoms with van der Waals surface area (Å²) in [6.07, 6.45) is 2.53. The van der Waals surface area contributed by atoms with Crippen LogP contribution in [0.5, 0.6) is 0 Å². The van der Waals surface area contributed by atoms with E-state index in [1.807, 2.05) is 0 Å². The number of Topliss-reactive ketones (excluding diaryl/α,β-unsaturated/α-hetero) is 2. The van der Waals surface area contributed by atoms with E-state index in [1.165, 1.54) is 19.9 Å². The van der Waals surface area contributed by atoms with Crippen molar-refractivity contribution >= 4 is 23.0 Å². The first-order valence-electron chi connectivity index (χ1n) is 6.30. The smallest absolute Gasteiger partial charge is 0.174 e. The van der Waals surface area contributed by atoms with Gasteiger partial charge in [-0.05, 0) is 26.8 Å². The van der Waals surface area contributed by atoms with Crippen LogP contribution in [0.2, 0.25) is 0 Å². The van der Waals surface area contributed by atoms with Crippen LogP contribution in [0.1, 0.15) is 33.6 Å². The molecule has 0 aromatic heterocycles. The van der Waals surface area contributed by atoms with E-state index < -0.39 is 6.10 Å². The molecule has 0 aromatic carbocycles. The molecular weight excluding hydrogens is 256 g/mol. The summed E-state index contributed by atoms with van der Waals surface area (Å²) < 4.78 is 5.54. The number of hydrogen-bond donors (Lipinski definition) is 2. The first-order valence-corrected chi connectivity index (χ1v) is 6.30. The lowest BCUT2D eigenvalue weighted by Gasteiger charge is -2.17. The second kappa shape index (κ2) is 6.78. The predicted octanol–water partition coefficient (Wildman–Crippen LogP) is 2.37. The van der Waals surface area contributed by atoms with E-state index in [0.717, 1.165) is 0 Å². The van der Waals surface area contributed by atoms with E-state index in [9.17, 15) is 9.59 Å². The molecule has 1 aliphatic carbocycles. The Morgan fingerprint density at radius 3 is 2.65 bits per heavy atom. The summed E-state index contributed by atoms with van der Waals surface area (Å²) in [5.41, 5.74) is 3.15. The van der Waals surface area contributed by atoms with E-state index in [2.05, 4.69) is 5.73 Å². The molecule has 0 bridgehead atoms. The molecular formula is C15H18N2O3. The fourth-order valence-electron chi connectivity index (χ4n) is 1.70. The normalized spacial score (nSPS) is 20.9. The lowest BCUT2D eigenvalue weighted by Crippen LogP contribution is -2.22. The summed E-state index contributed by atoms with van der Waals surface area (Å²) in [4.78, 5) is 23.5. The van der Waals surface area contributed by atoms with Crippen molar-refractivity contribution in [1.82, 2.24) is 0 Å². The maximum atomic E-state index is 12.2. The molecule has 0 amide bonds. The molecule has 5 heteroatoms. The number of allylic oxidation sites excluding steroid dienone is 2. The molecule has 2 N–H and O–H groups in total. The number of carbonyl (C=O) groups excluding carboxylic acids is 2. The Labute approximate surface area is 118 Å². The van der Waals surface area contributed by atoms with Crippen LogP contribution >= 0.6 is 0 Å². The molecule has 0 spiro atoms. The summed E-state index contributed by atoms with van der Waals surface area (Å²) in [5, 5.41) is 15.4. The zero-order valence-electron chi connectivity index (χ0n) is 11.9. The largest absolute Gasteiger partial charge is 0.486 e. The van der Waals surface area contributed by atoms with Gasteiger partial charge in [-0.1, -0.05) is 0 Å². The van der Waals surface area contributed by atoms with Crippen molar-refractivity contribution in [2.75, 3.05) is 0 Å². The minimum atomic E-state index is -0.676. The molecule has 20 heavy (non-hydrogen) atoms.